The lowest BCUT2D eigenvalue weighted by Crippen LogP contribution is -1.98. The van der Waals surface area contributed by atoms with Crippen molar-refractivity contribution in [1.29, 1.82) is 0 Å². The van der Waals surface area contributed by atoms with Crippen molar-refractivity contribution in [2.45, 2.75) is 5.16 Å². The molecule has 3 rings (SSSR count). The maximum atomic E-state index is 6.17. The Labute approximate surface area is 137 Å². The zero-order valence-corrected chi connectivity index (χ0v) is 14.1. The Morgan fingerprint density at radius 3 is 2.61 bits per heavy atom. The minimum absolute atomic E-state index is 0.507. The molecule has 0 unspecified atom stereocenters. The molecule has 0 radical (unpaired) electrons. The molecule has 0 saturated heterocycles. The molecule has 2 heterocycles. The molecule has 0 fully saturated rings. The van der Waals surface area contributed by atoms with Crippen molar-refractivity contribution >= 4 is 28.6 Å². The van der Waals surface area contributed by atoms with Crippen LogP contribution in [-0.4, -0.2) is 40.2 Å². The predicted octanol–water partition coefficient (Wildman–Crippen LogP) is 2.35. The highest BCUT2D eigenvalue weighted by Gasteiger charge is 2.20. The molecule has 0 atom stereocenters. The highest BCUT2D eigenvalue weighted by Crippen LogP contribution is 2.38. The van der Waals surface area contributed by atoms with Crippen LogP contribution in [0.15, 0.2) is 23.4 Å². The van der Waals surface area contributed by atoms with E-state index in [0.29, 0.717) is 39.2 Å². The molecule has 0 aliphatic rings. The molecule has 0 bridgehead atoms. The third-order valence-corrected chi connectivity index (χ3v) is 4.11. The van der Waals surface area contributed by atoms with Gasteiger partial charge in [0.05, 0.1) is 25.3 Å². The number of aromatic nitrogens is 4. The van der Waals surface area contributed by atoms with Crippen molar-refractivity contribution in [3.63, 3.8) is 0 Å². The van der Waals surface area contributed by atoms with Gasteiger partial charge in [-0.1, -0.05) is 11.8 Å². The van der Waals surface area contributed by atoms with Crippen LogP contribution in [0.25, 0.3) is 22.3 Å². The summed E-state index contributed by atoms with van der Waals surface area (Å²) < 4.78 is 12.4. The van der Waals surface area contributed by atoms with Crippen LogP contribution in [0.1, 0.15) is 0 Å². The maximum Gasteiger partial charge on any atom is 0.190 e. The normalized spacial score (nSPS) is 11.0. The number of ether oxygens (including phenoxy) is 2. The standard InChI is InChI=1S/C15H17N5O2S/c1-20-13(16)11-12(17-15(23-4)18-14(11)19-20)9-7-8(21-2)5-6-10(9)22-3/h5-7H,16H2,1-4H3. The van der Waals surface area contributed by atoms with Gasteiger partial charge in [-0.25, -0.2) is 9.97 Å². The van der Waals surface area contributed by atoms with Crippen LogP contribution in [0.3, 0.4) is 0 Å². The summed E-state index contributed by atoms with van der Waals surface area (Å²) in [4.78, 5) is 9.06. The van der Waals surface area contributed by atoms with Gasteiger partial charge in [-0.05, 0) is 24.5 Å². The zero-order chi connectivity index (χ0) is 16.6. The van der Waals surface area contributed by atoms with E-state index in [9.17, 15) is 0 Å². The molecule has 0 saturated carbocycles. The monoisotopic (exact) mass is 331 g/mol. The van der Waals surface area contributed by atoms with Crippen molar-refractivity contribution in [3.05, 3.63) is 18.2 Å². The van der Waals surface area contributed by atoms with E-state index in [1.54, 1.807) is 25.9 Å². The van der Waals surface area contributed by atoms with Gasteiger partial charge in [0, 0.05) is 12.6 Å². The number of hydrogen-bond acceptors (Lipinski definition) is 7. The van der Waals surface area contributed by atoms with E-state index >= 15 is 0 Å². The van der Waals surface area contributed by atoms with Crippen LogP contribution in [0.5, 0.6) is 11.5 Å². The fourth-order valence-corrected chi connectivity index (χ4v) is 2.74. The van der Waals surface area contributed by atoms with Gasteiger partial charge < -0.3 is 15.2 Å². The summed E-state index contributed by atoms with van der Waals surface area (Å²) in [6, 6.07) is 5.55. The van der Waals surface area contributed by atoms with E-state index in [-0.39, 0.29) is 0 Å². The van der Waals surface area contributed by atoms with Crippen LogP contribution < -0.4 is 15.2 Å². The molecule has 1 aromatic carbocycles. The van der Waals surface area contributed by atoms with Gasteiger partial charge in [0.1, 0.15) is 17.3 Å². The molecule has 0 aliphatic carbocycles. The van der Waals surface area contributed by atoms with Gasteiger partial charge in [-0.3, -0.25) is 4.68 Å². The summed E-state index contributed by atoms with van der Waals surface area (Å²) in [7, 11) is 5.01. The Hall–Kier alpha value is -2.48. The van der Waals surface area contributed by atoms with E-state index in [4.69, 9.17) is 15.2 Å². The second-order valence-electron chi connectivity index (χ2n) is 4.83. The predicted molar refractivity (Wildman–Crippen MR) is 91.0 cm³/mol. The topological polar surface area (TPSA) is 88.1 Å². The summed E-state index contributed by atoms with van der Waals surface area (Å²) in [5, 5.41) is 5.69. The number of nitrogens with two attached hydrogens (primary N) is 1. The first-order valence-corrected chi connectivity index (χ1v) is 8.08. The Kier molecular flexibility index (Phi) is 3.99. The minimum atomic E-state index is 0.507. The highest BCUT2D eigenvalue weighted by molar-refractivity contribution is 7.98. The molecule has 0 amide bonds. The lowest BCUT2D eigenvalue weighted by atomic mass is 10.1. The van der Waals surface area contributed by atoms with Crippen LogP contribution in [-0.2, 0) is 7.05 Å². The van der Waals surface area contributed by atoms with Crippen molar-refractivity contribution in [1.82, 2.24) is 19.7 Å². The molecule has 23 heavy (non-hydrogen) atoms. The fourth-order valence-electron chi connectivity index (χ4n) is 2.38. The SMILES string of the molecule is COc1ccc(OC)c(-c2nc(SC)nc3nn(C)c(N)c23)c1. The summed E-state index contributed by atoms with van der Waals surface area (Å²) in [6.45, 7) is 0. The van der Waals surface area contributed by atoms with Crippen molar-refractivity contribution < 1.29 is 9.47 Å². The molecule has 7 nitrogen and oxygen atoms in total. The summed E-state index contributed by atoms with van der Waals surface area (Å²) >= 11 is 1.45. The second-order valence-corrected chi connectivity index (χ2v) is 5.61. The first kappa shape index (κ1) is 15.4. The van der Waals surface area contributed by atoms with Gasteiger partial charge in [0.25, 0.3) is 0 Å². The van der Waals surface area contributed by atoms with E-state index in [1.165, 1.54) is 11.8 Å². The molecule has 2 N–H and O–H groups in total. The Morgan fingerprint density at radius 1 is 1.17 bits per heavy atom. The lowest BCUT2D eigenvalue weighted by molar-refractivity contribution is 0.404. The van der Waals surface area contributed by atoms with E-state index in [2.05, 4.69) is 15.1 Å². The van der Waals surface area contributed by atoms with Crippen LogP contribution in [0.2, 0.25) is 0 Å². The number of rotatable bonds is 4. The first-order valence-electron chi connectivity index (χ1n) is 6.85. The lowest BCUT2D eigenvalue weighted by Gasteiger charge is -2.11. The Bertz CT molecular complexity index is 878. The zero-order valence-electron chi connectivity index (χ0n) is 13.3. The quantitative estimate of drug-likeness (QED) is 0.580. The smallest absolute Gasteiger partial charge is 0.190 e. The number of thioether (sulfide) groups is 1. The molecular weight excluding hydrogens is 314 g/mol. The molecule has 8 heteroatoms. The van der Waals surface area contributed by atoms with Gasteiger partial charge >= 0.3 is 0 Å². The van der Waals surface area contributed by atoms with Gasteiger partial charge in [-0.2, -0.15) is 5.10 Å². The number of hydrogen-bond donors (Lipinski definition) is 1. The largest absolute Gasteiger partial charge is 0.497 e. The third-order valence-electron chi connectivity index (χ3n) is 3.56. The number of nitrogen functional groups attached to an aromatic ring is 1. The number of benzene rings is 1. The third kappa shape index (κ3) is 2.55. The number of nitrogens with zero attached hydrogens (tertiary/aromatic N) is 4. The van der Waals surface area contributed by atoms with Gasteiger partial charge in [0.2, 0.25) is 0 Å². The fraction of sp³-hybridized carbons (Fsp3) is 0.267. The van der Waals surface area contributed by atoms with Gasteiger partial charge in [0.15, 0.2) is 10.8 Å². The van der Waals surface area contributed by atoms with Gasteiger partial charge in [-0.15, -0.1) is 0 Å². The molecule has 2 aromatic heterocycles. The van der Waals surface area contributed by atoms with Crippen molar-refractivity contribution in [3.8, 4) is 22.8 Å². The van der Waals surface area contributed by atoms with Crippen molar-refractivity contribution in [2.75, 3.05) is 26.2 Å². The summed E-state index contributed by atoms with van der Waals surface area (Å²) in [5.41, 5.74) is 8.20. The highest BCUT2D eigenvalue weighted by atomic mass is 32.2. The average Bonchev–Trinajstić information content (AvgIpc) is 2.87. The second kappa shape index (κ2) is 5.96. The number of anilines is 1. The number of methoxy groups -OCH3 is 2. The number of fused-ring (bicyclic) bond motifs is 1. The van der Waals surface area contributed by atoms with Crippen LogP contribution >= 0.6 is 11.8 Å². The molecule has 3 aromatic rings. The van der Waals surface area contributed by atoms with Crippen LogP contribution in [0.4, 0.5) is 5.82 Å². The molecule has 120 valence electrons. The van der Waals surface area contributed by atoms with Crippen LogP contribution in [0, 0.1) is 0 Å². The first-order chi connectivity index (χ1) is 11.1. The summed E-state index contributed by atoms with van der Waals surface area (Å²) in [6.07, 6.45) is 1.92. The summed E-state index contributed by atoms with van der Waals surface area (Å²) in [5.74, 6) is 1.90. The Morgan fingerprint density at radius 2 is 1.96 bits per heavy atom. The average molecular weight is 331 g/mol. The molecular formula is C15H17N5O2S. The van der Waals surface area contributed by atoms with Crippen molar-refractivity contribution in [2.24, 2.45) is 7.05 Å². The molecule has 0 spiro atoms. The molecule has 0 aliphatic heterocycles. The van der Waals surface area contributed by atoms with E-state index < -0.39 is 0 Å². The number of aryl methyl sites for hydroxylation is 1. The van der Waals surface area contributed by atoms with E-state index in [1.807, 2.05) is 24.5 Å². The minimum Gasteiger partial charge on any atom is -0.497 e. The maximum absolute atomic E-state index is 6.17. The Balaban J connectivity index is 2.39. The van der Waals surface area contributed by atoms with E-state index in [0.717, 1.165) is 5.56 Å².